The van der Waals surface area contributed by atoms with Gasteiger partial charge in [-0.2, -0.15) is 26.3 Å². The molecule has 0 aromatic heterocycles. The van der Waals surface area contributed by atoms with Crippen molar-refractivity contribution in [3.8, 4) is 0 Å². The van der Waals surface area contributed by atoms with Gasteiger partial charge < -0.3 is 10.6 Å². The van der Waals surface area contributed by atoms with Crippen LogP contribution in [0.15, 0.2) is 70.6 Å². The largest absolute Gasteiger partial charge is 0.416 e. The molecule has 0 unspecified atom stereocenters. The molecule has 3 aromatic rings. The lowest BCUT2D eigenvalue weighted by atomic mass is 10.1. The van der Waals surface area contributed by atoms with Crippen molar-refractivity contribution in [1.82, 2.24) is 20.4 Å². The molecule has 0 amide bonds. The summed E-state index contributed by atoms with van der Waals surface area (Å²) in [5.74, 6) is 1.18. The van der Waals surface area contributed by atoms with Crippen LogP contribution in [0.3, 0.4) is 0 Å². The summed E-state index contributed by atoms with van der Waals surface area (Å²) in [6.07, 6.45) is -7.77. The summed E-state index contributed by atoms with van der Waals surface area (Å²) in [5.41, 5.74) is 1.96. The van der Waals surface area contributed by atoms with Crippen LogP contribution in [0.2, 0.25) is 10.0 Å². The summed E-state index contributed by atoms with van der Waals surface area (Å²) in [5, 5.41) is 8.99. The lowest BCUT2D eigenvalue weighted by Gasteiger charge is -2.27. The fourth-order valence-electron chi connectivity index (χ4n) is 4.96. The first kappa shape index (κ1) is 36.7. The molecule has 5 rings (SSSR count). The minimum Gasteiger partial charge on any atom is -0.352 e. The number of nitrogens with zero attached hydrogens (tertiary/aromatic N) is 4. The van der Waals surface area contributed by atoms with Gasteiger partial charge in [0.2, 0.25) is 0 Å². The zero-order chi connectivity index (χ0) is 34.3. The number of alkyl halides is 6. The molecule has 2 aliphatic rings. The first-order chi connectivity index (χ1) is 22.8. The van der Waals surface area contributed by atoms with E-state index in [0.29, 0.717) is 85.3 Å². The monoisotopic (exact) mass is 748 g/mol. The van der Waals surface area contributed by atoms with Crippen molar-refractivity contribution in [2.75, 3.05) is 39.8 Å². The maximum atomic E-state index is 13.0. The fourth-order valence-corrected chi connectivity index (χ4v) is 7.09. The predicted molar refractivity (Wildman–Crippen MR) is 183 cm³/mol. The van der Waals surface area contributed by atoms with Crippen molar-refractivity contribution in [1.29, 1.82) is 0 Å². The van der Waals surface area contributed by atoms with E-state index in [1.165, 1.54) is 47.8 Å². The smallest absolute Gasteiger partial charge is 0.352 e. The van der Waals surface area contributed by atoms with Gasteiger partial charge >= 0.3 is 12.4 Å². The summed E-state index contributed by atoms with van der Waals surface area (Å²) in [6, 6.07) is 14.5. The summed E-state index contributed by atoms with van der Waals surface area (Å²) >= 11 is 15.8. The molecule has 0 aliphatic carbocycles. The van der Waals surface area contributed by atoms with Gasteiger partial charge in [-0.3, -0.25) is 9.80 Å². The second-order valence-corrected chi connectivity index (χ2v) is 13.9. The van der Waals surface area contributed by atoms with Gasteiger partial charge in [-0.15, -0.1) is 0 Å². The average molecular weight is 750 g/mol. The number of hydrogen-bond acceptors (Lipinski definition) is 8. The Morgan fingerprint density at radius 2 is 1.06 bits per heavy atom. The highest BCUT2D eigenvalue weighted by molar-refractivity contribution is 8.13. The summed E-state index contributed by atoms with van der Waals surface area (Å²) in [4.78, 5) is 13.3. The van der Waals surface area contributed by atoms with E-state index in [1.807, 2.05) is 21.9 Å². The van der Waals surface area contributed by atoms with Crippen LogP contribution < -0.4 is 10.6 Å². The lowest BCUT2D eigenvalue weighted by molar-refractivity contribution is -0.138. The van der Waals surface area contributed by atoms with Gasteiger partial charge in [0.15, 0.2) is 10.3 Å². The Morgan fingerprint density at radius 3 is 1.42 bits per heavy atom. The van der Waals surface area contributed by atoms with E-state index < -0.39 is 23.5 Å². The Balaban J connectivity index is 1.08. The SMILES string of the molecule is FC(F)(F)c1cccc(CCN2CN=C(SCc3cc(Cl)c(Cl)cc3CSC3=NCN(CCc4cccc(C(F)(F)F)c4)CN3)NC2)c1. The minimum absolute atomic E-state index is 0.431. The van der Waals surface area contributed by atoms with Crippen molar-refractivity contribution in [2.45, 2.75) is 36.7 Å². The minimum atomic E-state index is -4.36. The molecule has 48 heavy (non-hydrogen) atoms. The Morgan fingerprint density at radius 1 is 0.646 bits per heavy atom. The van der Waals surface area contributed by atoms with E-state index in [9.17, 15) is 26.3 Å². The van der Waals surface area contributed by atoms with E-state index in [4.69, 9.17) is 23.2 Å². The maximum absolute atomic E-state index is 13.0. The molecule has 0 saturated heterocycles. The molecule has 0 radical (unpaired) electrons. The highest BCUT2D eigenvalue weighted by Crippen LogP contribution is 2.32. The van der Waals surface area contributed by atoms with Crippen molar-refractivity contribution in [3.63, 3.8) is 0 Å². The van der Waals surface area contributed by atoms with Gasteiger partial charge in [0.05, 0.1) is 47.8 Å². The first-order valence-corrected chi connectivity index (χ1v) is 17.6. The van der Waals surface area contributed by atoms with Crippen LogP contribution in [-0.4, -0.2) is 59.9 Å². The van der Waals surface area contributed by atoms with Gasteiger partial charge in [-0.05, 0) is 59.4 Å². The fraction of sp³-hybridized carbons (Fsp3) is 0.375. The Labute approximate surface area is 293 Å². The number of thioether (sulfide) groups is 2. The quantitative estimate of drug-likeness (QED) is 0.204. The lowest BCUT2D eigenvalue weighted by Crippen LogP contribution is -2.42. The van der Waals surface area contributed by atoms with Crippen LogP contribution in [0, 0.1) is 0 Å². The normalized spacial score (nSPS) is 16.2. The zero-order valence-corrected chi connectivity index (χ0v) is 28.6. The highest BCUT2D eigenvalue weighted by atomic mass is 35.5. The molecule has 2 N–H and O–H groups in total. The van der Waals surface area contributed by atoms with E-state index in [1.54, 1.807) is 12.1 Å². The number of halogens is 8. The van der Waals surface area contributed by atoms with Crippen molar-refractivity contribution in [3.05, 3.63) is 104 Å². The van der Waals surface area contributed by atoms with Crippen molar-refractivity contribution in [2.24, 2.45) is 9.98 Å². The molecule has 0 spiro atoms. The summed E-state index contributed by atoms with van der Waals surface area (Å²) in [7, 11) is 0. The molecule has 2 aliphatic heterocycles. The molecule has 6 nitrogen and oxygen atoms in total. The topological polar surface area (TPSA) is 55.3 Å². The molecule has 0 saturated carbocycles. The predicted octanol–water partition coefficient (Wildman–Crippen LogP) is 8.34. The number of nitrogens with one attached hydrogen (secondary N) is 2. The molecule has 16 heteroatoms. The van der Waals surface area contributed by atoms with E-state index >= 15 is 0 Å². The van der Waals surface area contributed by atoms with Crippen LogP contribution >= 0.6 is 46.7 Å². The zero-order valence-electron chi connectivity index (χ0n) is 25.5. The Hall–Kier alpha value is -2.62. The third-order valence-electron chi connectivity index (χ3n) is 7.65. The first-order valence-electron chi connectivity index (χ1n) is 14.9. The number of amidine groups is 2. The van der Waals surface area contributed by atoms with E-state index in [2.05, 4.69) is 20.6 Å². The van der Waals surface area contributed by atoms with Crippen LogP contribution in [0.5, 0.6) is 0 Å². The van der Waals surface area contributed by atoms with Crippen LogP contribution in [0.1, 0.15) is 33.4 Å². The van der Waals surface area contributed by atoms with Crippen molar-refractivity contribution >= 4 is 57.1 Å². The maximum Gasteiger partial charge on any atom is 0.416 e. The van der Waals surface area contributed by atoms with Gasteiger partial charge in [0.1, 0.15) is 0 Å². The van der Waals surface area contributed by atoms with Gasteiger partial charge in [-0.1, -0.05) is 83.1 Å². The van der Waals surface area contributed by atoms with Gasteiger partial charge in [0.25, 0.3) is 0 Å². The van der Waals surface area contributed by atoms with Crippen molar-refractivity contribution < 1.29 is 26.3 Å². The van der Waals surface area contributed by atoms with Crippen LogP contribution in [0.25, 0.3) is 0 Å². The van der Waals surface area contributed by atoms with Crippen LogP contribution in [-0.2, 0) is 36.7 Å². The molecule has 0 atom stereocenters. The molecule has 2 heterocycles. The van der Waals surface area contributed by atoms with Crippen LogP contribution in [0.4, 0.5) is 26.3 Å². The highest BCUT2D eigenvalue weighted by Gasteiger charge is 2.31. The molecule has 258 valence electrons. The van der Waals surface area contributed by atoms with Gasteiger partial charge in [0, 0.05) is 24.6 Å². The number of hydrogen-bond donors (Lipinski definition) is 2. The van der Waals surface area contributed by atoms with E-state index in [-0.39, 0.29) is 0 Å². The molecule has 0 bridgehead atoms. The van der Waals surface area contributed by atoms with E-state index in [0.717, 1.165) is 33.6 Å². The molecule has 3 aromatic carbocycles. The average Bonchev–Trinajstić information content (AvgIpc) is 3.06. The molecule has 0 fully saturated rings. The standard InChI is InChI=1S/C32H32Cl2F6N6S2/c33-27-13-23(15-47-29-41-17-45(18-42-29)9-7-21-3-1-5-25(11-21)31(35,36)37)24(14-28(27)34)16-48-30-43-19-46(20-44-30)10-8-22-4-2-6-26(12-22)32(38,39)40/h1-6,11-14H,7-10,15-20H2,(H,41,42)(H,43,44). The Bertz CT molecular complexity index is 1520. The number of aliphatic imine (C=N–C) groups is 2. The second kappa shape index (κ2) is 16.4. The second-order valence-electron chi connectivity index (χ2n) is 11.2. The third kappa shape index (κ3) is 10.7. The molecular formula is C32H32Cl2F6N6S2. The summed E-state index contributed by atoms with van der Waals surface area (Å²) in [6.45, 7) is 3.04. The Kier molecular flexibility index (Phi) is 12.5. The van der Waals surface area contributed by atoms with Gasteiger partial charge in [-0.25, -0.2) is 9.98 Å². The molecular weight excluding hydrogens is 717 g/mol. The number of rotatable bonds is 10. The summed E-state index contributed by atoms with van der Waals surface area (Å²) < 4.78 is 78.1. The third-order valence-corrected chi connectivity index (χ3v) is 10.4. The number of benzene rings is 3.